The Morgan fingerprint density at radius 3 is 2.43 bits per heavy atom. The van der Waals surface area contributed by atoms with E-state index in [0.29, 0.717) is 10.6 Å². The number of anilines is 1. The first kappa shape index (κ1) is 20.2. The Morgan fingerprint density at radius 2 is 1.67 bits per heavy atom. The summed E-state index contributed by atoms with van der Waals surface area (Å²) in [5.41, 5.74) is 3.41. The van der Waals surface area contributed by atoms with Crippen LogP contribution in [-0.4, -0.2) is 17.9 Å². The lowest BCUT2D eigenvalue weighted by Crippen LogP contribution is -2.39. The zero-order valence-electron chi connectivity index (χ0n) is 16.7. The second kappa shape index (κ2) is 8.72. The van der Waals surface area contributed by atoms with Crippen LogP contribution in [0.15, 0.2) is 78.9 Å². The Bertz CT molecular complexity index is 1070. The van der Waals surface area contributed by atoms with Gasteiger partial charge in [0.1, 0.15) is 0 Å². The summed E-state index contributed by atoms with van der Waals surface area (Å²) in [6, 6.07) is 24.1. The van der Waals surface area contributed by atoms with Crippen LogP contribution in [-0.2, 0) is 11.2 Å². The van der Waals surface area contributed by atoms with E-state index in [9.17, 15) is 9.59 Å². The Balaban J connectivity index is 1.59. The number of hydrogen-bond donors (Lipinski definition) is 1. The minimum Gasteiger partial charge on any atom is -0.345 e. The molecule has 152 valence electrons. The minimum atomic E-state index is -0.456. The monoisotopic (exact) mass is 418 g/mol. The average Bonchev–Trinajstić information content (AvgIpc) is 3.10. The Kier molecular flexibility index (Phi) is 5.86. The molecule has 1 heterocycles. The number of carbonyl (C=O) groups excluding carboxylic acids is 2. The maximum atomic E-state index is 13.3. The molecule has 1 aliphatic heterocycles. The van der Waals surface area contributed by atoms with Crippen molar-refractivity contribution in [3.8, 4) is 0 Å². The molecule has 0 aliphatic carbocycles. The summed E-state index contributed by atoms with van der Waals surface area (Å²) in [5, 5.41) is 3.40. The summed E-state index contributed by atoms with van der Waals surface area (Å²) in [6.07, 6.45) is 1.00. The van der Waals surface area contributed by atoms with E-state index in [1.54, 1.807) is 24.3 Å². The lowest BCUT2D eigenvalue weighted by Gasteiger charge is -2.26. The van der Waals surface area contributed by atoms with Crippen LogP contribution in [0.5, 0.6) is 0 Å². The molecule has 5 heteroatoms. The molecule has 0 saturated carbocycles. The summed E-state index contributed by atoms with van der Waals surface area (Å²) in [6.45, 7) is 2.05. The number of nitrogens with zero attached hydrogens (tertiary/aromatic N) is 1. The molecule has 0 saturated heterocycles. The predicted octanol–water partition coefficient (Wildman–Crippen LogP) is 5.18. The van der Waals surface area contributed by atoms with E-state index < -0.39 is 6.04 Å². The highest BCUT2D eigenvalue weighted by molar-refractivity contribution is 6.33. The second-order valence-corrected chi connectivity index (χ2v) is 7.97. The van der Waals surface area contributed by atoms with Crippen LogP contribution < -0.4 is 10.2 Å². The van der Waals surface area contributed by atoms with Crippen molar-refractivity contribution in [2.24, 2.45) is 0 Å². The molecule has 30 heavy (non-hydrogen) atoms. The van der Waals surface area contributed by atoms with Crippen LogP contribution in [0.1, 0.15) is 40.9 Å². The van der Waals surface area contributed by atoms with Gasteiger partial charge in [0.2, 0.25) is 5.91 Å². The second-order valence-electron chi connectivity index (χ2n) is 7.57. The number of rotatable bonds is 5. The van der Waals surface area contributed by atoms with Gasteiger partial charge < -0.3 is 10.2 Å². The van der Waals surface area contributed by atoms with Crippen LogP contribution in [0.25, 0.3) is 0 Å². The molecule has 1 aliphatic rings. The van der Waals surface area contributed by atoms with Crippen LogP contribution in [0.3, 0.4) is 0 Å². The van der Waals surface area contributed by atoms with Gasteiger partial charge in [-0.3, -0.25) is 9.59 Å². The highest BCUT2D eigenvalue weighted by Crippen LogP contribution is 2.33. The van der Waals surface area contributed by atoms with Gasteiger partial charge in [0.05, 0.1) is 23.0 Å². The smallest absolute Gasteiger partial charge is 0.253 e. The van der Waals surface area contributed by atoms with Crippen LogP contribution in [0, 0.1) is 0 Å². The molecule has 0 radical (unpaired) electrons. The fourth-order valence-corrected chi connectivity index (χ4v) is 4.26. The maximum Gasteiger partial charge on any atom is 0.253 e. The third kappa shape index (κ3) is 4.10. The zero-order valence-corrected chi connectivity index (χ0v) is 17.5. The van der Waals surface area contributed by atoms with Gasteiger partial charge in [-0.05, 0) is 42.7 Å². The number of fused-ring (bicyclic) bond motifs is 1. The maximum absolute atomic E-state index is 13.3. The van der Waals surface area contributed by atoms with Crippen molar-refractivity contribution in [2.45, 2.75) is 31.8 Å². The number of para-hydroxylation sites is 1. The molecule has 2 amide bonds. The van der Waals surface area contributed by atoms with Crippen LogP contribution in [0.4, 0.5) is 5.69 Å². The number of hydrogen-bond acceptors (Lipinski definition) is 2. The third-order valence-corrected chi connectivity index (χ3v) is 5.81. The first-order chi connectivity index (χ1) is 14.5. The number of nitrogens with one attached hydrogen (secondary N) is 1. The van der Waals surface area contributed by atoms with Gasteiger partial charge >= 0.3 is 0 Å². The molecule has 2 unspecified atom stereocenters. The quantitative estimate of drug-likeness (QED) is 0.620. The molecule has 0 bridgehead atoms. The van der Waals surface area contributed by atoms with Gasteiger partial charge in [-0.2, -0.15) is 0 Å². The van der Waals surface area contributed by atoms with Crippen molar-refractivity contribution in [3.05, 3.63) is 101 Å². The number of benzene rings is 3. The summed E-state index contributed by atoms with van der Waals surface area (Å²) < 4.78 is 0. The number of carbonyl (C=O) groups is 2. The van der Waals surface area contributed by atoms with Gasteiger partial charge in [0.15, 0.2) is 0 Å². The van der Waals surface area contributed by atoms with Crippen molar-refractivity contribution in [1.29, 1.82) is 0 Å². The number of halogens is 1. The summed E-state index contributed by atoms with van der Waals surface area (Å²) in [4.78, 5) is 28.1. The van der Waals surface area contributed by atoms with Gasteiger partial charge in [0.25, 0.3) is 5.91 Å². The Hall–Kier alpha value is -3.11. The van der Waals surface area contributed by atoms with Crippen LogP contribution in [0.2, 0.25) is 5.02 Å². The van der Waals surface area contributed by atoms with Gasteiger partial charge in [-0.25, -0.2) is 0 Å². The molecule has 4 rings (SSSR count). The van der Waals surface area contributed by atoms with E-state index in [0.717, 1.165) is 17.7 Å². The van der Waals surface area contributed by atoms with Crippen LogP contribution >= 0.6 is 11.6 Å². The van der Waals surface area contributed by atoms with Gasteiger partial charge in [-0.15, -0.1) is 0 Å². The number of amides is 2. The summed E-state index contributed by atoms with van der Waals surface area (Å²) >= 11 is 6.20. The van der Waals surface area contributed by atoms with E-state index in [1.807, 2.05) is 53.4 Å². The summed E-state index contributed by atoms with van der Waals surface area (Å²) in [7, 11) is 0. The fourth-order valence-electron chi connectivity index (χ4n) is 4.04. The Labute approximate surface area is 181 Å². The van der Waals surface area contributed by atoms with Gasteiger partial charge in [-0.1, -0.05) is 72.3 Å². The molecule has 4 nitrogen and oxygen atoms in total. The van der Waals surface area contributed by atoms with E-state index in [1.165, 1.54) is 5.56 Å². The van der Waals surface area contributed by atoms with E-state index in [-0.39, 0.29) is 24.3 Å². The first-order valence-corrected chi connectivity index (χ1v) is 10.4. The van der Waals surface area contributed by atoms with Gasteiger partial charge in [0, 0.05) is 11.7 Å². The van der Waals surface area contributed by atoms with Crippen molar-refractivity contribution in [2.75, 3.05) is 4.90 Å². The average molecular weight is 419 g/mol. The molecule has 0 fully saturated rings. The minimum absolute atomic E-state index is 0.0132. The van der Waals surface area contributed by atoms with E-state index >= 15 is 0 Å². The van der Waals surface area contributed by atoms with Crippen molar-refractivity contribution < 1.29 is 9.59 Å². The molecular formula is C25H23ClN2O2. The van der Waals surface area contributed by atoms with Crippen molar-refractivity contribution in [1.82, 2.24) is 5.32 Å². The lowest BCUT2D eigenvalue weighted by atomic mass is 10.0. The van der Waals surface area contributed by atoms with E-state index in [4.69, 9.17) is 11.6 Å². The molecule has 0 spiro atoms. The molecule has 2 atom stereocenters. The van der Waals surface area contributed by atoms with Crippen molar-refractivity contribution >= 4 is 29.1 Å². The molecule has 0 aromatic heterocycles. The third-order valence-electron chi connectivity index (χ3n) is 5.48. The highest BCUT2D eigenvalue weighted by Gasteiger charge is 2.32. The normalized spacial score (nSPS) is 16.1. The Morgan fingerprint density at radius 1 is 1.00 bits per heavy atom. The molecule has 3 aromatic rings. The molecule has 3 aromatic carbocycles. The topological polar surface area (TPSA) is 49.4 Å². The lowest BCUT2D eigenvalue weighted by molar-refractivity contribution is -0.119. The van der Waals surface area contributed by atoms with E-state index in [2.05, 4.69) is 18.3 Å². The van der Waals surface area contributed by atoms with Crippen molar-refractivity contribution in [3.63, 3.8) is 0 Å². The predicted molar refractivity (Wildman–Crippen MR) is 120 cm³/mol. The largest absolute Gasteiger partial charge is 0.345 e. The molecular weight excluding hydrogens is 396 g/mol. The first-order valence-electron chi connectivity index (χ1n) is 10.0. The zero-order chi connectivity index (χ0) is 21.1. The summed E-state index contributed by atoms with van der Waals surface area (Å²) in [5.74, 6) is -0.308. The fraction of sp³-hybridized carbons (Fsp3) is 0.200. The standard InChI is InChI=1S/C25H23ClN2O2/c1-17-15-19-11-5-8-14-23(19)28(17)24(29)16-22(18-9-3-2-4-10-18)27-25(30)20-12-6-7-13-21(20)26/h2-14,17,22H,15-16H2,1H3,(H,27,30). The highest BCUT2D eigenvalue weighted by atomic mass is 35.5. The SMILES string of the molecule is CC1Cc2ccccc2N1C(=O)CC(NC(=O)c1ccccc1Cl)c1ccccc1. The molecule has 1 N–H and O–H groups in total.